The van der Waals surface area contributed by atoms with Crippen LogP contribution in [0, 0.1) is 0 Å². The third kappa shape index (κ3) is 2.48. The van der Waals surface area contributed by atoms with Crippen molar-refractivity contribution in [2.75, 3.05) is 0 Å². The molecule has 16 heavy (non-hydrogen) atoms. The Kier molecular flexibility index (Phi) is 3.10. The number of nitrogens with one attached hydrogen (secondary N) is 1. The molecule has 3 nitrogen and oxygen atoms in total. The molecule has 1 aromatic rings. The van der Waals surface area contributed by atoms with Crippen molar-refractivity contribution in [2.24, 2.45) is 0 Å². The third-order valence-corrected chi connectivity index (χ3v) is 3.41. The van der Waals surface area contributed by atoms with Gasteiger partial charge in [0.25, 0.3) is 5.91 Å². The molecule has 1 aromatic heterocycles. The van der Waals surface area contributed by atoms with E-state index in [0.29, 0.717) is 0 Å². The minimum absolute atomic E-state index is 0.0409. The van der Waals surface area contributed by atoms with E-state index >= 15 is 0 Å². The highest BCUT2D eigenvalue weighted by molar-refractivity contribution is 9.10. The second kappa shape index (κ2) is 4.24. The number of rotatable bonds is 4. The fourth-order valence-corrected chi connectivity index (χ4v) is 2.21. The Balaban J connectivity index is 2.14. The molecule has 2 rings (SSSR count). The Hall–Kier alpha value is -0.770. The van der Waals surface area contributed by atoms with Crippen LogP contribution in [-0.4, -0.2) is 16.0 Å². The van der Waals surface area contributed by atoms with Gasteiger partial charge < -0.3 is 9.88 Å². The van der Waals surface area contributed by atoms with Crippen molar-refractivity contribution in [3.8, 4) is 0 Å². The summed E-state index contributed by atoms with van der Waals surface area (Å²) in [5, 5.41) is 3.08. The van der Waals surface area contributed by atoms with Crippen LogP contribution in [0.3, 0.4) is 0 Å². The molecule has 1 heterocycles. The summed E-state index contributed by atoms with van der Waals surface area (Å²) in [6, 6.07) is 1.89. The molecule has 0 aromatic carbocycles. The maximum atomic E-state index is 12.1. The van der Waals surface area contributed by atoms with Crippen LogP contribution < -0.4 is 5.32 Å². The van der Waals surface area contributed by atoms with E-state index < -0.39 is 0 Å². The molecule has 1 aliphatic carbocycles. The zero-order chi connectivity index (χ0) is 11.8. The zero-order valence-electron chi connectivity index (χ0n) is 9.72. The SMILES string of the molecule is CCCn1cc(Br)cc1C(=O)NC1(C)CC1. The van der Waals surface area contributed by atoms with Gasteiger partial charge in [0.1, 0.15) is 5.69 Å². The van der Waals surface area contributed by atoms with Gasteiger partial charge in [-0.05, 0) is 48.2 Å². The maximum absolute atomic E-state index is 12.1. The molecule has 0 aliphatic heterocycles. The van der Waals surface area contributed by atoms with Gasteiger partial charge in [0.05, 0.1) is 0 Å². The van der Waals surface area contributed by atoms with Crippen molar-refractivity contribution < 1.29 is 4.79 Å². The van der Waals surface area contributed by atoms with Crippen molar-refractivity contribution in [1.29, 1.82) is 0 Å². The van der Waals surface area contributed by atoms with Gasteiger partial charge in [-0.3, -0.25) is 4.79 Å². The molecule has 1 fully saturated rings. The van der Waals surface area contributed by atoms with E-state index in [1.165, 1.54) is 0 Å². The van der Waals surface area contributed by atoms with Crippen molar-refractivity contribution in [1.82, 2.24) is 9.88 Å². The van der Waals surface area contributed by atoms with Gasteiger partial charge in [0.15, 0.2) is 0 Å². The number of carbonyl (C=O) groups is 1. The predicted octanol–water partition coefficient (Wildman–Crippen LogP) is 2.94. The van der Waals surface area contributed by atoms with Crippen LogP contribution in [0.2, 0.25) is 0 Å². The summed E-state index contributed by atoms with van der Waals surface area (Å²) in [7, 11) is 0. The molecule has 1 saturated carbocycles. The first-order valence-corrected chi connectivity index (χ1v) is 6.51. The summed E-state index contributed by atoms with van der Waals surface area (Å²) in [5.41, 5.74) is 0.798. The summed E-state index contributed by atoms with van der Waals surface area (Å²) in [4.78, 5) is 12.1. The summed E-state index contributed by atoms with van der Waals surface area (Å²) in [6.07, 6.45) is 5.18. The number of carbonyl (C=O) groups excluding carboxylic acids is 1. The smallest absolute Gasteiger partial charge is 0.268 e. The van der Waals surface area contributed by atoms with E-state index in [4.69, 9.17) is 0 Å². The van der Waals surface area contributed by atoms with E-state index in [1.54, 1.807) is 0 Å². The molecule has 1 amide bonds. The van der Waals surface area contributed by atoms with E-state index in [1.807, 2.05) is 16.8 Å². The van der Waals surface area contributed by atoms with E-state index in [-0.39, 0.29) is 11.4 Å². The highest BCUT2D eigenvalue weighted by atomic mass is 79.9. The van der Waals surface area contributed by atoms with Gasteiger partial charge in [-0.1, -0.05) is 6.92 Å². The number of aryl methyl sites for hydroxylation is 1. The maximum Gasteiger partial charge on any atom is 0.268 e. The molecule has 0 saturated heterocycles. The second-order valence-electron chi connectivity index (χ2n) is 4.75. The first-order valence-electron chi connectivity index (χ1n) is 5.72. The molecule has 0 atom stereocenters. The normalized spacial score (nSPS) is 17.2. The van der Waals surface area contributed by atoms with Gasteiger partial charge >= 0.3 is 0 Å². The van der Waals surface area contributed by atoms with Crippen molar-refractivity contribution in [2.45, 2.75) is 45.2 Å². The summed E-state index contributed by atoms with van der Waals surface area (Å²) in [6.45, 7) is 5.08. The molecular weight excluding hydrogens is 268 g/mol. The van der Waals surface area contributed by atoms with E-state index in [9.17, 15) is 4.79 Å². The van der Waals surface area contributed by atoms with E-state index in [0.717, 1.165) is 36.0 Å². The largest absolute Gasteiger partial charge is 0.346 e. The average Bonchev–Trinajstić information content (AvgIpc) is 2.79. The minimum Gasteiger partial charge on any atom is -0.346 e. The molecule has 0 bridgehead atoms. The fraction of sp³-hybridized carbons (Fsp3) is 0.583. The van der Waals surface area contributed by atoms with Crippen LogP contribution in [0.25, 0.3) is 0 Å². The predicted molar refractivity (Wildman–Crippen MR) is 67.5 cm³/mol. The van der Waals surface area contributed by atoms with E-state index in [2.05, 4.69) is 35.1 Å². The molecule has 0 unspecified atom stereocenters. The molecule has 0 radical (unpaired) electrons. The highest BCUT2D eigenvalue weighted by Gasteiger charge is 2.39. The monoisotopic (exact) mass is 284 g/mol. The second-order valence-corrected chi connectivity index (χ2v) is 5.67. The number of hydrogen-bond donors (Lipinski definition) is 1. The number of hydrogen-bond acceptors (Lipinski definition) is 1. The van der Waals surface area contributed by atoms with Gasteiger partial charge in [0.2, 0.25) is 0 Å². The quantitative estimate of drug-likeness (QED) is 0.906. The van der Waals surface area contributed by atoms with Gasteiger partial charge in [-0.25, -0.2) is 0 Å². The Morgan fingerprint density at radius 2 is 2.31 bits per heavy atom. The lowest BCUT2D eigenvalue weighted by Gasteiger charge is -2.13. The summed E-state index contributed by atoms with van der Waals surface area (Å²) >= 11 is 3.42. The standard InChI is InChI=1S/C12H17BrN2O/c1-3-6-15-8-9(13)7-10(15)11(16)14-12(2)4-5-12/h7-8H,3-6H2,1-2H3,(H,14,16). The number of aromatic nitrogens is 1. The number of amides is 1. The molecule has 1 aliphatic rings. The molecule has 0 spiro atoms. The number of nitrogens with zero attached hydrogens (tertiary/aromatic N) is 1. The lowest BCUT2D eigenvalue weighted by atomic mass is 10.3. The lowest BCUT2D eigenvalue weighted by molar-refractivity contribution is 0.0926. The van der Waals surface area contributed by atoms with Crippen LogP contribution in [0.1, 0.15) is 43.6 Å². The zero-order valence-corrected chi connectivity index (χ0v) is 11.3. The van der Waals surface area contributed by atoms with Crippen molar-refractivity contribution in [3.63, 3.8) is 0 Å². The Labute approximate surface area is 104 Å². The first kappa shape index (κ1) is 11.7. The molecule has 1 N–H and O–H groups in total. The minimum atomic E-state index is 0.0409. The van der Waals surface area contributed by atoms with Crippen LogP contribution in [0.5, 0.6) is 0 Å². The lowest BCUT2D eigenvalue weighted by Crippen LogP contribution is -2.35. The topological polar surface area (TPSA) is 34.0 Å². The summed E-state index contributed by atoms with van der Waals surface area (Å²) in [5.74, 6) is 0.0409. The number of halogens is 1. The highest BCUT2D eigenvalue weighted by Crippen LogP contribution is 2.34. The molecule has 88 valence electrons. The Morgan fingerprint density at radius 1 is 1.62 bits per heavy atom. The third-order valence-electron chi connectivity index (χ3n) is 2.98. The van der Waals surface area contributed by atoms with Crippen LogP contribution in [0.4, 0.5) is 0 Å². The van der Waals surface area contributed by atoms with Crippen molar-refractivity contribution >= 4 is 21.8 Å². The fourth-order valence-electron chi connectivity index (χ4n) is 1.74. The van der Waals surface area contributed by atoms with Crippen LogP contribution >= 0.6 is 15.9 Å². The van der Waals surface area contributed by atoms with Gasteiger partial charge in [-0.15, -0.1) is 0 Å². The first-order chi connectivity index (χ1) is 7.54. The van der Waals surface area contributed by atoms with Gasteiger partial charge in [0, 0.05) is 22.8 Å². The van der Waals surface area contributed by atoms with Crippen LogP contribution in [-0.2, 0) is 6.54 Å². The van der Waals surface area contributed by atoms with Gasteiger partial charge in [-0.2, -0.15) is 0 Å². The molecular formula is C12H17BrN2O. The molecule has 4 heteroatoms. The Morgan fingerprint density at radius 3 is 2.88 bits per heavy atom. The van der Waals surface area contributed by atoms with Crippen molar-refractivity contribution in [3.05, 3.63) is 22.4 Å². The Bertz CT molecular complexity index is 407. The van der Waals surface area contributed by atoms with Crippen LogP contribution in [0.15, 0.2) is 16.7 Å². The average molecular weight is 285 g/mol. The summed E-state index contributed by atoms with van der Waals surface area (Å²) < 4.78 is 2.97.